The van der Waals surface area contributed by atoms with Crippen LogP contribution in [0.1, 0.15) is 62.1 Å². The van der Waals surface area contributed by atoms with Crippen LogP contribution in [0.5, 0.6) is 0 Å². The second-order valence-corrected chi connectivity index (χ2v) is 6.36. The zero-order chi connectivity index (χ0) is 27.4. The summed E-state index contributed by atoms with van der Waals surface area (Å²) in [5.74, 6) is -9.11. The summed E-state index contributed by atoms with van der Waals surface area (Å²) in [7, 11) is 0. The minimum atomic E-state index is -1.52. The van der Waals surface area contributed by atoms with Gasteiger partial charge in [-0.1, -0.05) is 72.8 Å². The predicted octanol–water partition coefficient (Wildman–Crippen LogP) is -4.76. The maximum absolute atomic E-state index is 10.3. The monoisotopic (exact) mass is 696 g/mol. The molecule has 0 heterocycles. The third kappa shape index (κ3) is 10.8. The fourth-order valence-electron chi connectivity index (χ4n) is 2.52. The number of rotatable bonds is 6. The van der Waals surface area contributed by atoms with Gasteiger partial charge >= 0.3 is 39.0 Å². The Morgan fingerprint density at radius 2 is 0.421 bits per heavy atom. The summed E-state index contributed by atoms with van der Waals surface area (Å²) in [6, 6.07) is 15.4. The van der Waals surface area contributed by atoms with Crippen LogP contribution in [0.25, 0.3) is 0 Å². The SMILES string of the molecule is O=C([O-])c1ccccc1C(=O)[O-].O=C([O-])c1ccccc1C(=O)[O-].O=C([O-])c1ccccc1C(=O)[O-].[Ru+3].[Ru+3]. The first-order valence-electron chi connectivity index (χ1n) is 9.43. The normalized spacial score (nSPS) is 8.84. The van der Waals surface area contributed by atoms with Gasteiger partial charge in [0.25, 0.3) is 0 Å². The molecule has 0 fully saturated rings. The maximum atomic E-state index is 10.3. The molecule has 12 nitrogen and oxygen atoms in total. The van der Waals surface area contributed by atoms with Crippen LogP contribution in [0.15, 0.2) is 72.8 Å². The maximum Gasteiger partial charge on any atom is 3.00 e. The van der Waals surface area contributed by atoms with Crippen LogP contribution < -0.4 is 30.6 Å². The molecule has 3 aromatic rings. The third-order valence-corrected chi connectivity index (χ3v) is 4.10. The Bertz CT molecular complexity index is 1060. The average Bonchev–Trinajstić information content (AvgIpc) is 2.84. The van der Waals surface area contributed by atoms with Gasteiger partial charge in [-0.3, -0.25) is 0 Å². The summed E-state index contributed by atoms with van der Waals surface area (Å²) in [5.41, 5.74) is -2.18. The van der Waals surface area contributed by atoms with Gasteiger partial charge < -0.3 is 59.4 Å². The molecule has 0 aromatic heterocycles. The van der Waals surface area contributed by atoms with Crippen molar-refractivity contribution in [2.75, 3.05) is 0 Å². The fourth-order valence-corrected chi connectivity index (χ4v) is 2.52. The Labute approximate surface area is 239 Å². The van der Waals surface area contributed by atoms with Gasteiger partial charge in [0.15, 0.2) is 0 Å². The van der Waals surface area contributed by atoms with Crippen molar-refractivity contribution in [1.82, 2.24) is 0 Å². The third-order valence-electron chi connectivity index (χ3n) is 4.10. The minimum absolute atomic E-state index is 0. The quantitative estimate of drug-likeness (QED) is 0.221. The van der Waals surface area contributed by atoms with Crippen LogP contribution in [0.2, 0.25) is 0 Å². The van der Waals surface area contributed by atoms with Gasteiger partial charge in [-0.2, -0.15) is 0 Å². The van der Waals surface area contributed by atoms with Crippen LogP contribution >= 0.6 is 0 Å². The first-order valence-corrected chi connectivity index (χ1v) is 9.43. The van der Waals surface area contributed by atoms with Gasteiger partial charge in [0.1, 0.15) is 0 Å². The van der Waals surface area contributed by atoms with Crippen molar-refractivity contribution < 1.29 is 98.4 Å². The first kappa shape index (κ1) is 35.9. The zero-order valence-corrected chi connectivity index (χ0v) is 22.0. The Morgan fingerprint density at radius 3 is 0.500 bits per heavy atom. The smallest absolute Gasteiger partial charge is 0.545 e. The van der Waals surface area contributed by atoms with E-state index in [2.05, 4.69) is 0 Å². The van der Waals surface area contributed by atoms with Crippen LogP contribution in [0.4, 0.5) is 0 Å². The van der Waals surface area contributed by atoms with Crippen LogP contribution in [-0.4, -0.2) is 35.8 Å². The number of aromatic carboxylic acids is 6. The molecule has 0 N–H and O–H groups in total. The van der Waals surface area contributed by atoms with Crippen molar-refractivity contribution in [3.8, 4) is 0 Å². The summed E-state index contributed by atoms with van der Waals surface area (Å²) in [6.45, 7) is 0. The second-order valence-electron chi connectivity index (χ2n) is 6.36. The first-order chi connectivity index (χ1) is 16.9. The predicted molar refractivity (Wildman–Crippen MR) is 105 cm³/mol. The van der Waals surface area contributed by atoms with E-state index in [0.717, 1.165) is 36.4 Å². The van der Waals surface area contributed by atoms with E-state index in [-0.39, 0.29) is 72.3 Å². The minimum Gasteiger partial charge on any atom is -0.545 e. The standard InChI is InChI=1S/3C8H6O4.2Ru/c3*9-7(10)5-3-1-2-4-6(5)8(11)12;;/h3*1-4H,(H,9,10)(H,11,12);;/q;;;2*+3/p-6. The summed E-state index contributed by atoms with van der Waals surface area (Å²) in [4.78, 5) is 61.9. The van der Waals surface area contributed by atoms with Crippen LogP contribution in [0, 0.1) is 0 Å². The molecule has 0 aliphatic carbocycles. The van der Waals surface area contributed by atoms with E-state index in [1.165, 1.54) is 36.4 Å². The van der Waals surface area contributed by atoms with Crippen LogP contribution in [-0.2, 0) is 39.0 Å². The Morgan fingerprint density at radius 1 is 0.316 bits per heavy atom. The molecule has 0 saturated heterocycles. The Hall–Kier alpha value is -4.27. The molecular formula is C24H12O12Ru2. The summed E-state index contributed by atoms with van der Waals surface area (Å²) in [6.07, 6.45) is 0. The number of hydrogen-bond acceptors (Lipinski definition) is 12. The molecule has 0 spiro atoms. The molecule has 0 amide bonds. The van der Waals surface area contributed by atoms with Crippen molar-refractivity contribution in [3.05, 3.63) is 106 Å². The summed E-state index contributed by atoms with van der Waals surface area (Å²) < 4.78 is 0. The molecule has 38 heavy (non-hydrogen) atoms. The van der Waals surface area contributed by atoms with E-state index in [1.807, 2.05) is 0 Å². The van der Waals surface area contributed by atoms with E-state index in [0.29, 0.717) is 0 Å². The Kier molecular flexibility index (Phi) is 16.3. The van der Waals surface area contributed by atoms with Gasteiger partial charge in [0.2, 0.25) is 0 Å². The average molecular weight is 694 g/mol. The van der Waals surface area contributed by atoms with E-state index < -0.39 is 35.8 Å². The summed E-state index contributed by atoms with van der Waals surface area (Å²) in [5, 5.41) is 61.9. The molecule has 0 aliphatic heterocycles. The number of carbonyl (C=O) groups is 6. The molecule has 0 unspecified atom stereocenters. The molecule has 14 heteroatoms. The van der Waals surface area contributed by atoms with Crippen molar-refractivity contribution in [3.63, 3.8) is 0 Å². The van der Waals surface area contributed by atoms with Crippen molar-refractivity contribution in [2.24, 2.45) is 0 Å². The number of carboxylic acid groups (broad SMARTS) is 6. The summed E-state index contributed by atoms with van der Waals surface area (Å²) >= 11 is 0. The van der Waals surface area contributed by atoms with Gasteiger partial charge in [-0.15, -0.1) is 0 Å². The van der Waals surface area contributed by atoms with E-state index >= 15 is 0 Å². The number of carboxylic acids is 6. The van der Waals surface area contributed by atoms with Crippen molar-refractivity contribution in [2.45, 2.75) is 0 Å². The largest absolute Gasteiger partial charge is 3.00 e. The van der Waals surface area contributed by atoms with E-state index in [1.54, 1.807) is 0 Å². The van der Waals surface area contributed by atoms with Gasteiger partial charge in [0, 0.05) is 33.4 Å². The van der Waals surface area contributed by atoms with Crippen LogP contribution in [0.3, 0.4) is 0 Å². The van der Waals surface area contributed by atoms with E-state index in [9.17, 15) is 59.4 Å². The molecule has 0 saturated carbocycles. The molecule has 3 rings (SSSR count). The molecule has 0 bridgehead atoms. The fraction of sp³-hybridized carbons (Fsp3) is 0. The topological polar surface area (TPSA) is 241 Å². The van der Waals surface area contributed by atoms with Crippen molar-refractivity contribution in [1.29, 1.82) is 0 Å². The molecule has 196 valence electrons. The molecule has 0 atom stereocenters. The molecular weight excluding hydrogens is 682 g/mol. The van der Waals surface area contributed by atoms with Gasteiger partial charge in [0.05, 0.1) is 35.8 Å². The van der Waals surface area contributed by atoms with E-state index in [4.69, 9.17) is 0 Å². The van der Waals surface area contributed by atoms with Crippen molar-refractivity contribution >= 4 is 35.8 Å². The van der Waals surface area contributed by atoms with Gasteiger partial charge in [-0.05, 0) is 0 Å². The van der Waals surface area contributed by atoms with Gasteiger partial charge in [-0.25, -0.2) is 0 Å². The number of carbonyl (C=O) groups excluding carboxylic acids is 6. The second kappa shape index (κ2) is 17.2. The molecule has 3 aromatic carbocycles. The molecule has 0 aliphatic rings. The zero-order valence-electron chi connectivity index (χ0n) is 18.5. The Balaban J connectivity index is 0. The number of hydrogen-bond donors (Lipinski definition) is 0. The number of benzene rings is 3. The molecule has 2 radical (unpaired) electrons.